The Morgan fingerprint density at radius 3 is 2.41 bits per heavy atom. The highest BCUT2D eigenvalue weighted by Crippen LogP contribution is 2.30. The van der Waals surface area contributed by atoms with Crippen LogP contribution in [0.2, 0.25) is 0 Å². The number of carbonyl (C=O) groups is 1. The molecule has 1 aromatic carbocycles. The SMILES string of the molecule is COc1ccccc1/C=C(\C(=O)O)C(F)(F)F. The highest BCUT2D eigenvalue weighted by molar-refractivity contribution is 5.94. The van der Waals surface area contributed by atoms with Crippen LogP contribution in [0.4, 0.5) is 13.2 Å². The molecule has 0 amide bonds. The topological polar surface area (TPSA) is 46.5 Å². The largest absolute Gasteiger partial charge is 0.496 e. The molecule has 0 saturated carbocycles. The first-order valence-electron chi connectivity index (χ1n) is 4.51. The Balaban J connectivity index is 3.27. The van der Waals surface area contributed by atoms with Crippen LogP contribution in [0.3, 0.4) is 0 Å². The number of benzene rings is 1. The predicted octanol–water partition coefficient (Wildman–Crippen LogP) is 2.73. The number of alkyl halides is 3. The predicted molar refractivity (Wildman–Crippen MR) is 54.7 cm³/mol. The Bertz CT molecular complexity index is 450. The quantitative estimate of drug-likeness (QED) is 0.834. The molecule has 0 atom stereocenters. The maximum Gasteiger partial charge on any atom is 0.423 e. The minimum absolute atomic E-state index is 0.0599. The Morgan fingerprint density at radius 2 is 1.94 bits per heavy atom. The molecule has 0 aliphatic rings. The van der Waals surface area contributed by atoms with Gasteiger partial charge in [0.25, 0.3) is 0 Å². The third-order valence-electron chi connectivity index (χ3n) is 1.97. The van der Waals surface area contributed by atoms with Gasteiger partial charge in [0.15, 0.2) is 0 Å². The number of hydrogen-bond donors (Lipinski definition) is 1. The van der Waals surface area contributed by atoms with Gasteiger partial charge in [-0.2, -0.15) is 13.2 Å². The molecule has 0 fully saturated rings. The molecule has 6 heteroatoms. The molecular weight excluding hydrogens is 237 g/mol. The summed E-state index contributed by atoms with van der Waals surface area (Å²) in [6.45, 7) is 0. The summed E-state index contributed by atoms with van der Waals surface area (Å²) in [6, 6.07) is 5.85. The van der Waals surface area contributed by atoms with Crippen LogP contribution in [-0.2, 0) is 4.79 Å². The number of ether oxygens (including phenoxy) is 1. The first-order chi connectivity index (χ1) is 7.86. The van der Waals surface area contributed by atoms with Crippen molar-refractivity contribution in [2.45, 2.75) is 6.18 Å². The van der Waals surface area contributed by atoms with Crippen LogP contribution in [0.5, 0.6) is 5.75 Å². The summed E-state index contributed by atoms with van der Waals surface area (Å²) in [7, 11) is 1.29. The van der Waals surface area contributed by atoms with Crippen LogP contribution in [0, 0.1) is 0 Å². The maximum atomic E-state index is 12.4. The zero-order valence-electron chi connectivity index (χ0n) is 8.78. The Labute approximate surface area is 95.1 Å². The summed E-state index contributed by atoms with van der Waals surface area (Å²) < 4.78 is 42.0. The summed E-state index contributed by atoms with van der Waals surface area (Å²) in [5, 5.41) is 8.50. The van der Waals surface area contributed by atoms with E-state index in [2.05, 4.69) is 0 Å². The first kappa shape index (κ1) is 13.1. The molecule has 0 saturated heterocycles. The van der Waals surface area contributed by atoms with E-state index in [-0.39, 0.29) is 11.3 Å². The Morgan fingerprint density at radius 1 is 1.35 bits per heavy atom. The molecule has 17 heavy (non-hydrogen) atoms. The fraction of sp³-hybridized carbons (Fsp3) is 0.182. The molecule has 1 N–H and O–H groups in total. The van der Waals surface area contributed by atoms with E-state index in [4.69, 9.17) is 9.84 Å². The third kappa shape index (κ3) is 3.24. The first-order valence-corrected chi connectivity index (χ1v) is 4.51. The number of methoxy groups -OCH3 is 1. The summed E-state index contributed by atoms with van der Waals surface area (Å²) >= 11 is 0. The van der Waals surface area contributed by atoms with Crippen molar-refractivity contribution in [2.24, 2.45) is 0 Å². The molecule has 0 aliphatic carbocycles. The standard InChI is InChI=1S/C11H9F3O3/c1-17-9-5-3-2-4-7(9)6-8(10(15)16)11(12,13)14/h2-6H,1H3,(H,15,16)/b8-6+. The minimum atomic E-state index is -4.91. The molecule has 1 rings (SSSR count). The lowest BCUT2D eigenvalue weighted by molar-refractivity contribution is -0.144. The number of halogens is 3. The van der Waals surface area contributed by atoms with Gasteiger partial charge in [0.05, 0.1) is 7.11 Å². The molecule has 3 nitrogen and oxygen atoms in total. The van der Waals surface area contributed by atoms with Gasteiger partial charge in [-0.25, -0.2) is 4.79 Å². The van der Waals surface area contributed by atoms with Gasteiger partial charge in [0.1, 0.15) is 11.3 Å². The van der Waals surface area contributed by atoms with Crippen LogP contribution >= 0.6 is 0 Å². The zero-order valence-corrected chi connectivity index (χ0v) is 8.78. The third-order valence-corrected chi connectivity index (χ3v) is 1.97. The molecule has 92 valence electrons. The summed E-state index contributed by atoms with van der Waals surface area (Å²) in [5.74, 6) is -1.85. The number of aliphatic carboxylic acids is 1. The molecule has 0 spiro atoms. The van der Waals surface area contributed by atoms with Crippen molar-refractivity contribution in [3.8, 4) is 5.75 Å². The van der Waals surface area contributed by atoms with Crippen molar-refractivity contribution in [1.82, 2.24) is 0 Å². The van der Waals surface area contributed by atoms with Crippen molar-refractivity contribution >= 4 is 12.0 Å². The zero-order chi connectivity index (χ0) is 13.1. The van der Waals surface area contributed by atoms with Crippen molar-refractivity contribution in [1.29, 1.82) is 0 Å². The molecular formula is C11H9F3O3. The van der Waals surface area contributed by atoms with Gasteiger partial charge in [0, 0.05) is 5.56 Å². The van der Waals surface area contributed by atoms with Crippen LogP contribution in [-0.4, -0.2) is 24.4 Å². The monoisotopic (exact) mass is 246 g/mol. The molecule has 0 radical (unpaired) electrons. The molecule has 0 bridgehead atoms. The highest BCUT2D eigenvalue weighted by atomic mass is 19.4. The Hall–Kier alpha value is -1.98. The van der Waals surface area contributed by atoms with Crippen molar-refractivity contribution < 1.29 is 27.8 Å². The van der Waals surface area contributed by atoms with Crippen molar-refractivity contribution in [3.05, 3.63) is 35.4 Å². The molecule has 1 aromatic rings. The second-order valence-corrected chi connectivity index (χ2v) is 3.10. The maximum absolute atomic E-state index is 12.4. The second kappa shape index (κ2) is 4.90. The summed E-state index contributed by atoms with van der Waals surface area (Å²) in [5.41, 5.74) is -1.58. The van der Waals surface area contributed by atoms with Crippen LogP contribution in [0.25, 0.3) is 6.08 Å². The van der Waals surface area contributed by atoms with Crippen molar-refractivity contribution in [2.75, 3.05) is 7.11 Å². The smallest absolute Gasteiger partial charge is 0.423 e. The fourth-order valence-corrected chi connectivity index (χ4v) is 1.21. The van der Waals surface area contributed by atoms with E-state index in [1.165, 1.54) is 25.3 Å². The summed E-state index contributed by atoms with van der Waals surface area (Å²) in [6.07, 6.45) is -4.37. The van der Waals surface area contributed by atoms with E-state index in [0.29, 0.717) is 6.08 Å². The van der Waals surface area contributed by atoms with Gasteiger partial charge in [0.2, 0.25) is 0 Å². The average molecular weight is 246 g/mol. The van der Waals surface area contributed by atoms with Crippen LogP contribution in [0.15, 0.2) is 29.8 Å². The molecule has 0 unspecified atom stereocenters. The van der Waals surface area contributed by atoms with Gasteiger partial charge < -0.3 is 9.84 Å². The van der Waals surface area contributed by atoms with E-state index in [0.717, 1.165) is 0 Å². The molecule has 0 aromatic heterocycles. The fourth-order valence-electron chi connectivity index (χ4n) is 1.21. The minimum Gasteiger partial charge on any atom is -0.496 e. The van der Waals surface area contributed by atoms with Gasteiger partial charge in [-0.1, -0.05) is 18.2 Å². The number of carboxylic acid groups (broad SMARTS) is 1. The van der Waals surface area contributed by atoms with E-state index in [9.17, 15) is 18.0 Å². The van der Waals surface area contributed by atoms with Gasteiger partial charge >= 0.3 is 12.1 Å². The summed E-state index contributed by atoms with van der Waals surface area (Å²) in [4.78, 5) is 10.5. The van der Waals surface area contributed by atoms with E-state index in [1.807, 2.05) is 0 Å². The highest BCUT2D eigenvalue weighted by Gasteiger charge is 2.38. The van der Waals surface area contributed by atoms with Gasteiger partial charge in [-0.3, -0.25) is 0 Å². The second-order valence-electron chi connectivity index (χ2n) is 3.10. The Kier molecular flexibility index (Phi) is 3.77. The number of para-hydroxylation sites is 1. The number of hydrogen-bond acceptors (Lipinski definition) is 2. The van der Waals surface area contributed by atoms with Gasteiger partial charge in [-0.05, 0) is 12.1 Å². The van der Waals surface area contributed by atoms with E-state index in [1.54, 1.807) is 6.07 Å². The normalized spacial score (nSPS) is 12.4. The number of carboxylic acids is 1. The van der Waals surface area contributed by atoms with E-state index < -0.39 is 17.7 Å². The van der Waals surface area contributed by atoms with Gasteiger partial charge in [-0.15, -0.1) is 0 Å². The van der Waals surface area contributed by atoms with Crippen LogP contribution < -0.4 is 4.74 Å². The molecule has 0 aliphatic heterocycles. The lowest BCUT2D eigenvalue weighted by Crippen LogP contribution is -2.19. The molecule has 0 heterocycles. The average Bonchev–Trinajstić information content (AvgIpc) is 2.24. The van der Waals surface area contributed by atoms with Crippen LogP contribution in [0.1, 0.15) is 5.56 Å². The van der Waals surface area contributed by atoms with Crippen molar-refractivity contribution in [3.63, 3.8) is 0 Å². The van der Waals surface area contributed by atoms with E-state index >= 15 is 0 Å². The lowest BCUT2D eigenvalue weighted by Gasteiger charge is -2.09. The number of rotatable bonds is 3. The lowest BCUT2D eigenvalue weighted by atomic mass is 10.1.